The molecule has 186 valence electrons. The van der Waals surface area contributed by atoms with Gasteiger partial charge in [0.25, 0.3) is 0 Å². The third-order valence-corrected chi connectivity index (χ3v) is 6.12. The zero-order chi connectivity index (χ0) is 25.2. The molecule has 1 aliphatic rings. The highest BCUT2D eigenvalue weighted by atomic mass is 35.5. The molecule has 0 spiro atoms. The molecule has 1 saturated carbocycles. The van der Waals surface area contributed by atoms with Crippen molar-refractivity contribution >= 4 is 46.2 Å². The molecule has 1 fully saturated rings. The minimum absolute atomic E-state index is 0.0140. The number of fused-ring (bicyclic) bond motifs is 1. The molecule has 3 aromatic rings. The summed E-state index contributed by atoms with van der Waals surface area (Å²) in [6, 6.07) is 4.66. The molecule has 35 heavy (non-hydrogen) atoms. The highest BCUT2D eigenvalue weighted by Gasteiger charge is 2.28. The molecule has 0 saturated heterocycles. The predicted molar refractivity (Wildman–Crippen MR) is 134 cm³/mol. The highest BCUT2D eigenvalue weighted by Crippen LogP contribution is 2.28. The number of nitrogens with one attached hydrogen (secondary N) is 2. The summed E-state index contributed by atoms with van der Waals surface area (Å²) in [5.41, 5.74) is 1.19. The number of alkyl carbamates (subject to hydrolysis) is 1. The van der Waals surface area contributed by atoms with Crippen LogP contribution in [0.25, 0.3) is 11.0 Å². The summed E-state index contributed by atoms with van der Waals surface area (Å²) in [7, 11) is 1.96. The first kappa shape index (κ1) is 24.8. The molecule has 0 radical (unpaired) electrons. The Bertz CT molecular complexity index is 1210. The number of amides is 1. The number of aromatic nitrogens is 4. The van der Waals surface area contributed by atoms with E-state index in [-0.39, 0.29) is 23.2 Å². The number of halogens is 2. The highest BCUT2D eigenvalue weighted by molar-refractivity contribution is 6.31. The third-order valence-electron chi connectivity index (χ3n) is 5.83. The molecule has 2 N–H and O–H groups in total. The lowest BCUT2D eigenvalue weighted by Gasteiger charge is -2.35. The minimum atomic E-state index is -0.519. The van der Waals surface area contributed by atoms with Gasteiger partial charge in [0.15, 0.2) is 5.82 Å². The van der Waals surface area contributed by atoms with Gasteiger partial charge in [0.05, 0.1) is 11.2 Å². The molecule has 0 aliphatic heterocycles. The monoisotopic (exact) mass is 501 g/mol. The Morgan fingerprint density at radius 1 is 1.17 bits per heavy atom. The average molecular weight is 502 g/mol. The second-order valence-corrected chi connectivity index (χ2v) is 10.0. The van der Waals surface area contributed by atoms with Gasteiger partial charge in [-0.3, -0.25) is 0 Å². The third kappa shape index (κ3) is 6.25. The molecular weight excluding hydrogens is 473 g/mol. The first-order chi connectivity index (χ1) is 16.6. The Morgan fingerprint density at radius 2 is 1.91 bits per heavy atom. The van der Waals surface area contributed by atoms with Gasteiger partial charge in [0, 0.05) is 24.8 Å². The SMILES string of the molecule is CN(c1ncc2ncnc(Nc3ccc(F)c(Cl)c3)c2n1)[C@H]1CC[C@H](NC(=O)OC(C)(C)C)CC1. The predicted octanol–water partition coefficient (Wildman–Crippen LogP) is 5.23. The van der Waals surface area contributed by atoms with Crippen LogP contribution >= 0.6 is 11.6 Å². The number of benzene rings is 1. The molecule has 0 bridgehead atoms. The van der Waals surface area contributed by atoms with E-state index in [2.05, 4.69) is 30.5 Å². The Kier molecular flexibility index (Phi) is 7.20. The number of hydrogen-bond donors (Lipinski definition) is 2. The first-order valence-electron chi connectivity index (χ1n) is 11.5. The molecular formula is C24H29ClFN7O2. The summed E-state index contributed by atoms with van der Waals surface area (Å²) in [5, 5.41) is 6.12. The fraction of sp³-hybridized carbons (Fsp3) is 0.458. The maximum absolute atomic E-state index is 13.5. The zero-order valence-electron chi connectivity index (χ0n) is 20.2. The Balaban J connectivity index is 1.45. The second-order valence-electron chi connectivity index (χ2n) is 9.64. The Hall–Kier alpha value is -3.27. The summed E-state index contributed by atoms with van der Waals surface area (Å²) in [6.45, 7) is 5.55. The molecule has 11 heteroatoms. The van der Waals surface area contributed by atoms with E-state index in [9.17, 15) is 9.18 Å². The van der Waals surface area contributed by atoms with Gasteiger partial charge in [0.1, 0.15) is 28.8 Å². The lowest BCUT2D eigenvalue weighted by atomic mass is 9.90. The fourth-order valence-corrected chi connectivity index (χ4v) is 4.24. The molecule has 9 nitrogen and oxygen atoms in total. The normalized spacial score (nSPS) is 18.2. The van der Waals surface area contributed by atoms with E-state index in [1.165, 1.54) is 18.5 Å². The van der Waals surface area contributed by atoms with Crippen molar-refractivity contribution in [3.63, 3.8) is 0 Å². The van der Waals surface area contributed by atoms with E-state index in [4.69, 9.17) is 21.3 Å². The second kappa shape index (κ2) is 10.2. The maximum atomic E-state index is 13.5. The number of ether oxygens (including phenoxy) is 1. The first-order valence-corrected chi connectivity index (χ1v) is 11.9. The fourth-order valence-electron chi connectivity index (χ4n) is 4.06. The van der Waals surface area contributed by atoms with E-state index < -0.39 is 11.4 Å². The van der Waals surface area contributed by atoms with E-state index in [1.807, 2.05) is 27.8 Å². The van der Waals surface area contributed by atoms with Crippen molar-refractivity contribution in [3.8, 4) is 0 Å². The molecule has 1 aliphatic carbocycles. The zero-order valence-corrected chi connectivity index (χ0v) is 20.9. The van der Waals surface area contributed by atoms with Crippen LogP contribution < -0.4 is 15.5 Å². The smallest absolute Gasteiger partial charge is 0.407 e. The number of nitrogens with zero attached hydrogens (tertiary/aromatic N) is 5. The van der Waals surface area contributed by atoms with E-state index in [1.54, 1.807) is 12.3 Å². The quantitative estimate of drug-likeness (QED) is 0.489. The molecule has 2 aromatic heterocycles. The maximum Gasteiger partial charge on any atom is 0.407 e. The van der Waals surface area contributed by atoms with Crippen LogP contribution in [-0.4, -0.2) is 50.8 Å². The van der Waals surface area contributed by atoms with Gasteiger partial charge in [0.2, 0.25) is 5.95 Å². The van der Waals surface area contributed by atoms with Crippen LogP contribution in [0.3, 0.4) is 0 Å². The van der Waals surface area contributed by atoms with E-state index in [0.717, 1.165) is 25.7 Å². The van der Waals surface area contributed by atoms with Crippen molar-refractivity contribution in [3.05, 3.63) is 41.6 Å². The van der Waals surface area contributed by atoms with Gasteiger partial charge in [-0.1, -0.05) is 11.6 Å². The summed E-state index contributed by atoms with van der Waals surface area (Å²) in [4.78, 5) is 31.9. The van der Waals surface area contributed by atoms with E-state index in [0.29, 0.717) is 28.5 Å². The Morgan fingerprint density at radius 3 is 2.60 bits per heavy atom. The molecule has 0 atom stereocenters. The van der Waals surface area contributed by atoms with Crippen LogP contribution in [0.2, 0.25) is 5.02 Å². The summed E-state index contributed by atoms with van der Waals surface area (Å²) < 4.78 is 18.9. The molecule has 4 rings (SSSR count). The lowest BCUT2D eigenvalue weighted by molar-refractivity contribution is 0.0491. The number of carbonyl (C=O) groups excluding carboxylic acids is 1. The van der Waals surface area contributed by atoms with Gasteiger partial charge in [-0.15, -0.1) is 0 Å². The largest absolute Gasteiger partial charge is 0.444 e. The van der Waals surface area contributed by atoms with Crippen molar-refractivity contribution in [2.24, 2.45) is 0 Å². The number of carbonyl (C=O) groups is 1. The Labute approximate surface area is 208 Å². The average Bonchev–Trinajstić information content (AvgIpc) is 2.80. The summed E-state index contributed by atoms with van der Waals surface area (Å²) >= 11 is 5.91. The number of rotatable bonds is 5. The van der Waals surface area contributed by atoms with Gasteiger partial charge >= 0.3 is 6.09 Å². The van der Waals surface area contributed by atoms with E-state index >= 15 is 0 Å². The van der Waals surface area contributed by atoms with Crippen LogP contribution in [0.15, 0.2) is 30.7 Å². The van der Waals surface area contributed by atoms with Gasteiger partial charge in [-0.2, -0.15) is 0 Å². The van der Waals surface area contributed by atoms with Crippen LogP contribution in [0.5, 0.6) is 0 Å². The van der Waals surface area contributed by atoms with Crippen molar-refractivity contribution in [2.75, 3.05) is 17.3 Å². The number of anilines is 3. The molecule has 2 heterocycles. The van der Waals surface area contributed by atoms with Crippen molar-refractivity contribution in [1.82, 2.24) is 25.3 Å². The molecule has 1 aromatic carbocycles. The standard InChI is InChI=1S/C24H29ClFN7O2/c1-24(2,3)35-23(34)31-14-5-8-16(9-6-14)33(4)22-27-12-19-20(32-22)21(29-13-28-19)30-15-7-10-18(26)17(25)11-15/h7,10-14,16H,5-6,8-9H2,1-4H3,(H,31,34)(H,28,29,30)/t14-,16-. The molecule has 0 unspecified atom stereocenters. The van der Waals surface area contributed by atoms with Crippen LogP contribution in [-0.2, 0) is 4.74 Å². The van der Waals surface area contributed by atoms with Crippen LogP contribution in [0.4, 0.5) is 26.6 Å². The lowest BCUT2D eigenvalue weighted by Crippen LogP contribution is -2.44. The topological polar surface area (TPSA) is 105 Å². The van der Waals surface area contributed by atoms with Crippen LogP contribution in [0, 0.1) is 5.82 Å². The molecule has 1 amide bonds. The van der Waals surface area contributed by atoms with Gasteiger partial charge in [-0.05, 0) is 64.7 Å². The van der Waals surface area contributed by atoms with Crippen molar-refractivity contribution in [2.45, 2.75) is 64.1 Å². The van der Waals surface area contributed by atoms with Crippen LogP contribution in [0.1, 0.15) is 46.5 Å². The summed E-state index contributed by atoms with van der Waals surface area (Å²) in [6.07, 6.45) is 6.13. The van der Waals surface area contributed by atoms with Crippen molar-refractivity contribution < 1.29 is 13.9 Å². The summed E-state index contributed by atoms with van der Waals surface area (Å²) in [5.74, 6) is 0.531. The van der Waals surface area contributed by atoms with Crippen molar-refractivity contribution in [1.29, 1.82) is 0 Å². The minimum Gasteiger partial charge on any atom is -0.444 e. The van der Waals surface area contributed by atoms with Gasteiger partial charge in [-0.25, -0.2) is 29.1 Å². The van der Waals surface area contributed by atoms with Gasteiger partial charge < -0.3 is 20.3 Å². The number of hydrogen-bond acceptors (Lipinski definition) is 8.